The quantitative estimate of drug-likeness (QED) is 0.740. The second kappa shape index (κ2) is 5.10. The lowest BCUT2D eigenvalue weighted by Gasteiger charge is -2.12. The Labute approximate surface area is 85.7 Å². The highest BCUT2D eigenvalue weighted by molar-refractivity contribution is 5.24. The Morgan fingerprint density at radius 2 is 1.79 bits per heavy atom. The number of benzene rings is 1. The number of nitrogens with zero attached hydrogens (tertiary/aromatic N) is 1. The summed E-state index contributed by atoms with van der Waals surface area (Å²) in [5.41, 5.74) is 13.7. The first-order valence-electron chi connectivity index (χ1n) is 4.82. The predicted octanol–water partition coefficient (Wildman–Crippen LogP) is 0.707. The van der Waals surface area contributed by atoms with Crippen LogP contribution in [0.2, 0.25) is 0 Å². The van der Waals surface area contributed by atoms with Crippen LogP contribution in [0.3, 0.4) is 0 Å². The minimum absolute atomic E-state index is 0.0385. The molecule has 0 saturated heterocycles. The van der Waals surface area contributed by atoms with E-state index < -0.39 is 0 Å². The van der Waals surface area contributed by atoms with Gasteiger partial charge in [-0.3, -0.25) is 0 Å². The smallest absolute Gasteiger partial charge is 0.0419 e. The summed E-state index contributed by atoms with van der Waals surface area (Å²) < 4.78 is 0. The lowest BCUT2D eigenvalue weighted by molar-refractivity contribution is 0.402. The molecule has 0 fully saturated rings. The normalized spacial score (nSPS) is 13.2. The van der Waals surface area contributed by atoms with E-state index in [1.807, 2.05) is 0 Å². The summed E-state index contributed by atoms with van der Waals surface area (Å²) in [6.07, 6.45) is 0. The van der Waals surface area contributed by atoms with E-state index in [0.29, 0.717) is 6.54 Å². The SMILES string of the molecule is CN(C)Cc1ccc(C(N)CN)cc1. The number of rotatable bonds is 4. The number of nitrogens with two attached hydrogens (primary N) is 2. The molecular formula is C11H19N3. The molecule has 1 aromatic rings. The molecule has 0 saturated carbocycles. The van der Waals surface area contributed by atoms with Crippen molar-refractivity contribution < 1.29 is 0 Å². The third-order valence-corrected chi connectivity index (χ3v) is 2.16. The van der Waals surface area contributed by atoms with Gasteiger partial charge >= 0.3 is 0 Å². The molecule has 0 aliphatic rings. The Bertz CT molecular complexity index is 266. The van der Waals surface area contributed by atoms with Crippen LogP contribution in [0.4, 0.5) is 0 Å². The molecule has 0 radical (unpaired) electrons. The standard InChI is InChI=1S/C11H19N3/c1-14(2)8-9-3-5-10(6-4-9)11(13)7-12/h3-6,11H,7-8,12-13H2,1-2H3. The van der Waals surface area contributed by atoms with Crippen LogP contribution in [0.1, 0.15) is 17.2 Å². The molecule has 3 heteroatoms. The summed E-state index contributed by atoms with van der Waals surface area (Å²) in [6.45, 7) is 1.45. The fourth-order valence-corrected chi connectivity index (χ4v) is 1.37. The first kappa shape index (κ1) is 11.2. The van der Waals surface area contributed by atoms with Crippen LogP contribution < -0.4 is 11.5 Å². The fraction of sp³-hybridized carbons (Fsp3) is 0.455. The van der Waals surface area contributed by atoms with E-state index in [2.05, 4.69) is 43.3 Å². The van der Waals surface area contributed by atoms with E-state index in [9.17, 15) is 0 Å². The Hall–Kier alpha value is -0.900. The van der Waals surface area contributed by atoms with E-state index in [0.717, 1.165) is 12.1 Å². The first-order chi connectivity index (χ1) is 6.63. The zero-order valence-electron chi connectivity index (χ0n) is 8.90. The maximum absolute atomic E-state index is 5.81. The molecule has 3 nitrogen and oxygen atoms in total. The van der Waals surface area contributed by atoms with Crippen molar-refractivity contribution in [1.29, 1.82) is 0 Å². The Morgan fingerprint density at radius 1 is 1.21 bits per heavy atom. The summed E-state index contributed by atoms with van der Waals surface area (Å²) in [6, 6.07) is 8.27. The summed E-state index contributed by atoms with van der Waals surface area (Å²) >= 11 is 0. The molecule has 1 unspecified atom stereocenters. The molecule has 4 N–H and O–H groups in total. The zero-order valence-corrected chi connectivity index (χ0v) is 8.90. The lowest BCUT2D eigenvalue weighted by Crippen LogP contribution is -2.20. The van der Waals surface area contributed by atoms with Crippen molar-refractivity contribution in [2.24, 2.45) is 11.5 Å². The van der Waals surface area contributed by atoms with Gasteiger partial charge in [-0.2, -0.15) is 0 Å². The largest absolute Gasteiger partial charge is 0.329 e. The summed E-state index contributed by atoms with van der Waals surface area (Å²) in [4.78, 5) is 2.14. The fourth-order valence-electron chi connectivity index (χ4n) is 1.37. The van der Waals surface area contributed by atoms with Gasteiger partial charge in [-0.25, -0.2) is 0 Å². The molecule has 0 aliphatic heterocycles. The van der Waals surface area contributed by atoms with Gasteiger partial charge in [0, 0.05) is 19.1 Å². The van der Waals surface area contributed by atoms with Gasteiger partial charge in [0.1, 0.15) is 0 Å². The van der Waals surface area contributed by atoms with E-state index in [4.69, 9.17) is 11.5 Å². The Kier molecular flexibility index (Phi) is 4.07. The van der Waals surface area contributed by atoms with Gasteiger partial charge in [0.2, 0.25) is 0 Å². The maximum Gasteiger partial charge on any atom is 0.0419 e. The van der Waals surface area contributed by atoms with Crippen LogP contribution in [0, 0.1) is 0 Å². The maximum atomic E-state index is 5.81. The highest BCUT2D eigenvalue weighted by Gasteiger charge is 2.02. The highest BCUT2D eigenvalue weighted by atomic mass is 15.0. The number of hydrogen-bond donors (Lipinski definition) is 2. The van der Waals surface area contributed by atoms with Crippen LogP contribution in [0.15, 0.2) is 24.3 Å². The third kappa shape index (κ3) is 3.10. The van der Waals surface area contributed by atoms with E-state index in [1.54, 1.807) is 0 Å². The molecule has 1 atom stereocenters. The van der Waals surface area contributed by atoms with Crippen LogP contribution in [0.25, 0.3) is 0 Å². The third-order valence-electron chi connectivity index (χ3n) is 2.16. The van der Waals surface area contributed by atoms with E-state index in [-0.39, 0.29) is 6.04 Å². The van der Waals surface area contributed by atoms with Crippen molar-refractivity contribution in [3.8, 4) is 0 Å². The summed E-state index contributed by atoms with van der Waals surface area (Å²) in [5.74, 6) is 0. The molecule has 14 heavy (non-hydrogen) atoms. The van der Waals surface area contributed by atoms with Crippen molar-refractivity contribution in [2.45, 2.75) is 12.6 Å². The van der Waals surface area contributed by atoms with Crippen LogP contribution in [-0.2, 0) is 6.54 Å². The van der Waals surface area contributed by atoms with Crippen molar-refractivity contribution >= 4 is 0 Å². The molecular weight excluding hydrogens is 174 g/mol. The lowest BCUT2D eigenvalue weighted by atomic mass is 10.1. The summed E-state index contributed by atoms with van der Waals surface area (Å²) in [7, 11) is 4.11. The van der Waals surface area contributed by atoms with Gasteiger partial charge in [-0.15, -0.1) is 0 Å². The van der Waals surface area contributed by atoms with Crippen molar-refractivity contribution in [3.05, 3.63) is 35.4 Å². The molecule has 0 heterocycles. The van der Waals surface area contributed by atoms with Gasteiger partial charge in [0.15, 0.2) is 0 Å². The number of hydrogen-bond acceptors (Lipinski definition) is 3. The van der Waals surface area contributed by atoms with Crippen molar-refractivity contribution in [1.82, 2.24) is 4.90 Å². The highest BCUT2D eigenvalue weighted by Crippen LogP contribution is 2.11. The van der Waals surface area contributed by atoms with Gasteiger partial charge in [0.05, 0.1) is 0 Å². The van der Waals surface area contributed by atoms with Crippen molar-refractivity contribution in [3.63, 3.8) is 0 Å². The van der Waals surface area contributed by atoms with Gasteiger partial charge < -0.3 is 16.4 Å². The minimum atomic E-state index is -0.0385. The summed E-state index contributed by atoms with van der Waals surface area (Å²) in [5, 5.41) is 0. The van der Waals surface area contributed by atoms with Gasteiger partial charge in [0.25, 0.3) is 0 Å². The average Bonchev–Trinajstić information content (AvgIpc) is 2.17. The van der Waals surface area contributed by atoms with Crippen LogP contribution in [0.5, 0.6) is 0 Å². The molecule has 0 aliphatic carbocycles. The second-order valence-electron chi connectivity index (χ2n) is 3.82. The van der Waals surface area contributed by atoms with Crippen LogP contribution >= 0.6 is 0 Å². The van der Waals surface area contributed by atoms with Gasteiger partial charge in [-0.05, 0) is 25.2 Å². The topological polar surface area (TPSA) is 55.3 Å². The zero-order chi connectivity index (χ0) is 10.6. The molecule has 0 spiro atoms. The van der Waals surface area contributed by atoms with Gasteiger partial charge in [-0.1, -0.05) is 24.3 Å². The molecule has 1 rings (SSSR count). The van der Waals surface area contributed by atoms with E-state index in [1.165, 1.54) is 5.56 Å². The second-order valence-corrected chi connectivity index (χ2v) is 3.82. The predicted molar refractivity (Wildman–Crippen MR) is 59.8 cm³/mol. The molecule has 0 bridgehead atoms. The monoisotopic (exact) mass is 193 g/mol. The Balaban J connectivity index is 2.68. The average molecular weight is 193 g/mol. The molecule has 78 valence electrons. The molecule has 1 aromatic carbocycles. The van der Waals surface area contributed by atoms with E-state index >= 15 is 0 Å². The minimum Gasteiger partial charge on any atom is -0.329 e. The Morgan fingerprint density at radius 3 is 2.21 bits per heavy atom. The first-order valence-corrected chi connectivity index (χ1v) is 4.82. The molecule has 0 amide bonds. The van der Waals surface area contributed by atoms with Crippen LogP contribution in [-0.4, -0.2) is 25.5 Å². The van der Waals surface area contributed by atoms with Crippen molar-refractivity contribution in [2.75, 3.05) is 20.6 Å². The molecule has 0 aromatic heterocycles.